The maximum Gasteiger partial charge on any atom is 0.221 e. The molecule has 28 heavy (non-hydrogen) atoms. The highest BCUT2D eigenvalue weighted by Crippen LogP contribution is 2.36. The van der Waals surface area contributed by atoms with Gasteiger partial charge in [0.1, 0.15) is 0 Å². The number of hydrogen-bond donors (Lipinski definition) is 1. The van der Waals surface area contributed by atoms with E-state index in [1.807, 2.05) is 12.1 Å². The van der Waals surface area contributed by atoms with Gasteiger partial charge in [0.2, 0.25) is 5.91 Å². The lowest BCUT2D eigenvalue weighted by Gasteiger charge is -2.29. The molecule has 0 aromatic heterocycles. The second kappa shape index (κ2) is 9.85. The number of rotatable bonds is 9. The third-order valence-electron chi connectivity index (χ3n) is 5.60. The molecule has 1 heterocycles. The SMILES string of the molecule is CCOCC1(CCc2ccccc2)CCN(Cc2ccc(NC(C)=O)cc2)C1. The average molecular weight is 381 g/mol. The van der Waals surface area contributed by atoms with Crippen molar-refractivity contribution in [2.24, 2.45) is 5.41 Å². The summed E-state index contributed by atoms with van der Waals surface area (Å²) in [5.74, 6) is -0.0357. The fourth-order valence-electron chi connectivity index (χ4n) is 4.08. The lowest BCUT2D eigenvalue weighted by Crippen LogP contribution is -2.32. The van der Waals surface area contributed by atoms with E-state index in [0.717, 1.165) is 51.4 Å². The molecular weight excluding hydrogens is 348 g/mol. The number of carbonyl (C=O) groups excluding carboxylic acids is 1. The Morgan fingerprint density at radius 1 is 1.11 bits per heavy atom. The molecule has 0 saturated carbocycles. The summed E-state index contributed by atoms with van der Waals surface area (Å²) in [5.41, 5.74) is 3.78. The number of hydrogen-bond acceptors (Lipinski definition) is 3. The molecule has 1 N–H and O–H groups in total. The molecule has 1 unspecified atom stereocenters. The van der Waals surface area contributed by atoms with Crippen LogP contribution in [0, 0.1) is 5.41 Å². The molecule has 2 aromatic carbocycles. The molecule has 4 heteroatoms. The molecular formula is C24H32N2O2. The molecule has 1 fully saturated rings. The standard InChI is InChI=1S/C24H32N2O2/c1-3-28-19-24(14-13-21-7-5-4-6-8-21)15-16-26(18-24)17-22-9-11-23(12-10-22)25-20(2)27/h4-12H,3,13-19H2,1-2H3,(H,25,27). The molecule has 1 atom stereocenters. The van der Waals surface area contributed by atoms with Crippen LogP contribution in [0.3, 0.4) is 0 Å². The van der Waals surface area contributed by atoms with E-state index in [2.05, 4.69) is 59.6 Å². The number of likely N-dealkylation sites (tertiary alicyclic amines) is 1. The van der Waals surface area contributed by atoms with Crippen LogP contribution in [0.5, 0.6) is 0 Å². The van der Waals surface area contributed by atoms with Gasteiger partial charge in [0.15, 0.2) is 0 Å². The van der Waals surface area contributed by atoms with Gasteiger partial charge in [-0.3, -0.25) is 9.69 Å². The number of aryl methyl sites for hydroxylation is 1. The molecule has 3 rings (SSSR count). The van der Waals surface area contributed by atoms with Crippen LogP contribution in [0.1, 0.15) is 37.8 Å². The number of carbonyl (C=O) groups is 1. The molecule has 1 amide bonds. The van der Waals surface area contributed by atoms with E-state index in [1.54, 1.807) is 0 Å². The molecule has 0 bridgehead atoms. The second-order valence-electron chi connectivity index (χ2n) is 7.96. The Kier molecular flexibility index (Phi) is 7.24. The number of anilines is 1. The Bertz CT molecular complexity index is 745. The van der Waals surface area contributed by atoms with Crippen molar-refractivity contribution >= 4 is 11.6 Å². The largest absolute Gasteiger partial charge is 0.381 e. The number of ether oxygens (including phenoxy) is 1. The summed E-state index contributed by atoms with van der Waals surface area (Å²) in [6, 6.07) is 18.9. The lowest BCUT2D eigenvalue weighted by molar-refractivity contribution is -0.114. The number of benzene rings is 2. The third-order valence-corrected chi connectivity index (χ3v) is 5.60. The fraction of sp³-hybridized carbons (Fsp3) is 0.458. The first kappa shape index (κ1) is 20.6. The number of nitrogens with one attached hydrogen (secondary N) is 1. The van der Waals surface area contributed by atoms with E-state index >= 15 is 0 Å². The summed E-state index contributed by atoms with van der Waals surface area (Å²) >= 11 is 0. The molecule has 1 saturated heterocycles. The van der Waals surface area contributed by atoms with Gasteiger partial charge in [0, 0.05) is 37.7 Å². The van der Waals surface area contributed by atoms with Gasteiger partial charge in [-0.05, 0) is 56.0 Å². The van der Waals surface area contributed by atoms with Gasteiger partial charge < -0.3 is 10.1 Å². The van der Waals surface area contributed by atoms with E-state index < -0.39 is 0 Å². The van der Waals surface area contributed by atoms with Crippen LogP contribution in [-0.2, 0) is 22.5 Å². The molecule has 4 nitrogen and oxygen atoms in total. The van der Waals surface area contributed by atoms with Crippen LogP contribution in [0.15, 0.2) is 54.6 Å². The zero-order valence-electron chi connectivity index (χ0n) is 17.1. The Hall–Kier alpha value is -2.17. The Morgan fingerprint density at radius 3 is 2.54 bits per heavy atom. The summed E-state index contributed by atoms with van der Waals surface area (Å²) in [5, 5.41) is 2.83. The van der Waals surface area contributed by atoms with Crippen molar-refractivity contribution in [3.05, 3.63) is 65.7 Å². The van der Waals surface area contributed by atoms with Crippen LogP contribution in [0.4, 0.5) is 5.69 Å². The van der Waals surface area contributed by atoms with Gasteiger partial charge in [-0.1, -0.05) is 42.5 Å². The Balaban J connectivity index is 1.59. The van der Waals surface area contributed by atoms with Crippen molar-refractivity contribution in [1.82, 2.24) is 4.90 Å². The predicted molar refractivity (Wildman–Crippen MR) is 114 cm³/mol. The Morgan fingerprint density at radius 2 is 1.86 bits per heavy atom. The lowest BCUT2D eigenvalue weighted by atomic mass is 9.82. The van der Waals surface area contributed by atoms with E-state index in [-0.39, 0.29) is 11.3 Å². The second-order valence-corrected chi connectivity index (χ2v) is 7.96. The fourth-order valence-corrected chi connectivity index (χ4v) is 4.08. The number of nitrogens with zero attached hydrogens (tertiary/aromatic N) is 1. The van der Waals surface area contributed by atoms with Crippen LogP contribution in [0.25, 0.3) is 0 Å². The van der Waals surface area contributed by atoms with E-state index in [9.17, 15) is 4.79 Å². The van der Waals surface area contributed by atoms with Crippen LogP contribution in [0.2, 0.25) is 0 Å². The van der Waals surface area contributed by atoms with Gasteiger partial charge in [0.25, 0.3) is 0 Å². The van der Waals surface area contributed by atoms with Gasteiger partial charge in [-0.15, -0.1) is 0 Å². The van der Waals surface area contributed by atoms with Crippen LogP contribution >= 0.6 is 0 Å². The first-order chi connectivity index (χ1) is 13.6. The zero-order valence-corrected chi connectivity index (χ0v) is 17.1. The molecule has 2 aromatic rings. The van der Waals surface area contributed by atoms with E-state index in [4.69, 9.17) is 4.74 Å². The summed E-state index contributed by atoms with van der Waals surface area (Å²) in [7, 11) is 0. The summed E-state index contributed by atoms with van der Waals surface area (Å²) < 4.78 is 5.89. The van der Waals surface area contributed by atoms with Gasteiger partial charge in [-0.25, -0.2) is 0 Å². The van der Waals surface area contributed by atoms with E-state index in [0.29, 0.717) is 0 Å². The van der Waals surface area contributed by atoms with Crippen molar-refractivity contribution in [1.29, 1.82) is 0 Å². The third kappa shape index (κ3) is 5.91. The van der Waals surface area contributed by atoms with Crippen molar-refractivity contribution in [2.45, 2.75) is 39.7 Å². The van der Waals surface area contributed by atoms with Crippen molar-refractivity contribution in [3.8, 4) is 0 Å². The maximum absolute atomic E-state index is 11.2. The topological polar surface area (TPSA) is 41.6 Å². The quantitative estimate of drug-likeness (QED) is 0.696. The molecule has 150 valence electrons. The maximum atomic E-state index is 11.2. The summed E-state index contributed by atoms with van der Waals surface area (Å²) in [6.45, 7) is 8.36. The van der Waals surface area contributed by atoms with Gasteiger partial charge >= 0.3 is 0 Å². The smallest absolute Gasteiger partial charge is 0.221 e. The highest BCUT2D eigenvalue weighted by Gasteiger charge is 2.37. The minimum atomic E-state index is -0.0357. The van der Waals surface area contributed by atoms with Crippen molar-refractivity contribution < 1.29 is 9.53 Å². The molecule has 0 radical (unpaired) electrons. The summed E-state index contributed by atoms with van der Waals surface area (Å²) in [6.07, 6.45) is 3.45. The van der Waals surface area contributed by atoms with Gasteiger partial charge in [0.05, 0.1) is 6.61 Å². The molecule has 1 aliphatic rings. The van der Waals surface area contributed by atoms with Crippen molar-refractivity contribution in [2.75, 3.05) is 31.6 Å². The van der Waals surface area contributed by atoms with Crippen LogP contribution in [-0.4, -0.2) is 37.1 Å². The van der Waals surface area contributed by atoms with Crippen LogP contribution < -0.4 is 5.32 Å². The highest BCUT2D eigenvalue weighted by molar-refractivity contribution is 5.88. The first-order valence-corrected chi connectivity index (χ1v) is 10.3. The highest BCUT2D eigenvalue weighted by atomic mass is 16.5. The van der Waals surface area contributed by atoms with E-state index in [1.165, 1.54) is 24.5 Å². The predicted octanol–water partition coefficient (Wildman–Crippen LogP) is 4.51. The molecule has 0 aliphatic carbocycles. The summed E-state index contributed by atoms with van der Waals surface area (Å²) in [4.78, 5) is 13.7. The molecule has 1 aliphatic heterocycles. The normalized spacial score (nSPS) is 19.6. The van der Waals surface area contributed by atoms with Gasteiger partial charge in [-0.2, -0.15) is 0 Å². The first-order valence-electron chi connectivity index (χ1n) is 10.3. The minimum Gasteiger partial charge on any atom is -0.381 e. The molecule has 0 spiro atoms. The zero-order chi connectivity index (χ0) is 19.8. The number of amides is 1. The van der Waals surface area contributed by atoms with Crippen molar-refractivity contribution in [3.63, 3.8) is 0 Å². The monoisotopic (exact) mass is 380 g/mol. The minimum absolute atomic E-state index is 0.0357. The Labute approximate surface area is 168 Å². The average Bonchev–Trinajstić information content (AvgIpc) is 3.10.